The molecule has 17 heavy (non-hydrogen) atoms. The highest BCUT2D eigenvalue weighted by molar-refractivity contribution is 5.78. The molecule has 2 N–H and O–H groups in total. The summed E-state index contributed by atoms with van der Waals surface area (Å²) in [6.07, 6.45) is 1.66. The second-order valence-electron chi connectivity index (χ2n) is 3.98. The minimum atomic E-state index is -0.0374. The first-order valence-electron chi connectivity index (χ1n) is 5.61. The Balaban J connectivity index is 2.42. The first-order valence-corrected chi connectivity index (χ1v) is 5.61. The summed E-state index contributed by atoms with van der Waals surface area (Å²) in [5.41, 5.74) is 0.868. The van der Waals surface area contributed by atoms with Crippen LogP contribution in [0.1, 0.15) is 19.4 Å². The Morgan fingerprint density at radius 3 is 2.94 bits per heavy atom. The number of amides is 1. The van der Waals surface area contributed by atoms with E-state index in [0.717, 1.165) is 5.56 Å². The van der Waals surface area contributed by atoms with Crippen molar-refractivity contribution in [3.63, 3.8) is 0 Å². The van der Waals surface area contributed by atoms with Gasteiger partial charge in [-0.2, -0.15) is 0 Å². The van der Waals surface area contributed by atoms with Crippen LogP contribution in [0, 0.1) is 0 Å². The molecular weight excluding hydrogens is 218 g/mol. The van der Waals surface area contributed by atoms with Crippen LogP contribution in [0.4, 0.5) is 0 Å². The molecule has 0 spiro atoms. The van der Waals surface area contributed by atoms with Crippen LogP contribution in [0.3, 0.4) is 0 Å². The molecule has 0 aliphatic rings. The lowest BCUT2D eigenvalue weighted by Gasteiger charge is -2.10. The van der Waals surface area contributed by atoms with Gasteiger partial charge in [0.1, 0.15) is 0 Å². The Labute approximate surface area is 102 Å². The zero-order valence-electron chi connectivity index (χ0n) is 10.5. The van der Waals surface area contributed by atoms with E-state index in [1.165, 1.54) is 0 Å². The lowest BCUT2D eigenvalue weighted by atomic mass is 10.2. The average Bonchev–Trinajstić information content (AvgIpc) is 2.34. The van der Waals surface area contributed by atoms with Crippen molar-refractivity contribution < 1.29 is 9.53 Å². The molecule has 1 rings (SSSR count). The molecule has 0 unspecified atom stereocenters. The molecule has 0 radical (unpaired) electrons. The van der Waals surface area contributed by atoms with E-state index in [1.54, 1.807) is 13.3 Å². The SMILES string of the molecule is COc1ncccc1CNC(=O)CNC(C)C. The van der Waals surface area contributed by atoms with Crippen LogP contribution in [0.15, 0.2) is 18.3 Å². The van der Waals surface area contributed by atoms with Crippen LogP contribution < -0.4 is 15.4 Å². The first kappa shape index (κ1) is 13.4. The van der Waals surface area contributed by atoms with E-state index in [1.807, 2.05) is 26.0 Å². The lowest BCUT2D eigenvalue weighted by Crippen LogP contribution is -2.36. The van der Waals surface area contributed by atoms with Crippen molar-refractivity contribution in [2.75, 3.05) is 13.7 Å². The van der Waals surface area contributed by atoms with E-state index < -0.39 is 0 Å². The number of hydrogen-bond acceptors (Lipinski definition) is 4. The molecule has 0 bridgehead atoms. The summed E-state index contributed by atoms with van der Waals surface area (Å²) in [7, 11) is 1.56. The monoisotopic (exact) mass is 237 g/mol. The molecule has 5 heteroatoms. The summed E-state index contributed by atoms with van der Waals surface area (Å²) < 4.78 is 5.10. The summed E-state index contributed by atoms with van der Waals surface area (Å²) in [6, 6.07) is 3.99. The summed E-state index contributed by atoms with van der Waals surface area (Å²) in [5, 5.41) is 5.86. The van der Waals surface area contributed by atoms with E-state index in [0.29, 0.717) is 25.0 Å². The number of nitrogens with one attached hydrogen (secondary N) is 2. The maximum absolute atomic E-state index is 11.5. The number of hydrogen-bond donors (Lipinski definition) is 2. The van der Waals surface area contributed by atoms with Gasteiger partial charge >= 0.3 is 0 Å². The van der Waals surface area contributed by atoms with Gasteiger partial charge in [0.05, 0.1) is 13.7 Å². The fraction of sp³-hybridized carbons (Fsp3) is 0.500. The fourth-order valence-electron chi connectivity index (χ4n) is 1.30. The highest BCUT2D eigenvalue weighted by Gasteiger charge is 2.06. The predicted molar refractivity (Wildman–Crippen MR) is 65.8 cm³/mol. The van der Waals surface area contributed by atoms with Crippen molar-refractivity contribution >= 4 is 5.91 Å². The number of nitrogens with zero attached hydrogens (tertiary/aromatic N) is 1. The second-order valence-corrected chi connectivity index (χ2v) is 3.98. The lowest BCUT2D eigenvalue weighted by molar-refractivity contribution is -0.120. The third kappa shape index (κ3) is 4.82. The molecule has 0 aliphatic heterocycles. The van der Waals surface area contributed by atoms with E-state index in [2.05, 4.69) is 15.6 Å². The van der Waals surface area contributed by atoms with Gasteiger partial charge in [-0.3, -0.25) is 4.79 Å². The Hall–Kier alpha value is -1.62. The third-order valence-electron chi connectivity index (χ3n) is 2.19. The van der Waals surface area contributed by atoms with Crippen molar-refractivity contribution in [1.29, 1.82) is 0 Å². The van der Waals surface area contributed by atoms with Crippen LogP contribution in [0.2, 0.25) is 0 Å². The quantitative estimate of drug-likeness (QED) is 0.764. The maximum atomic E-state index is 11.5. The highest BCUT2D eigenvalue weighted by Crippen LogP contribution is 2.12. The number of carbonyl (C=O) groups is 1. The van der Waals surface area contributed by atoms with Gasteiger partial charge in [0.15, 0.2) is 0 Å². The van der Waals surface area contributed by atoms with E-state index in [9.17, 15) is 4.79 Å². The van der Waals surface area contributed by atoms with Crippen LogP contribution in [-0.4, -0.2) is 30.6 Å². The second kappa shape index (κ2) is 6.85. The van der Waals surface area contributed by atoms with Crippen LogP contribution in [0.25, 0.3) is 0 Å². The Bertz CT molecular complexity index is 367. The van der Waals surface area contributed by atoms with Crippen LogP contribution >= 0.6 is 0 Å². The van der Waals surface area contributed by atoms with Crippen molar-refractivity contribution in [3.05, 3.63) is 23.9 Å². The number of methoxy groups -OCH3 is 1. The summed E-state index contributed by atoms with van der Waals surface area (Å²) >= 11 is 0. The Kier molecular flexibility index (Phi) is 5.42. The highest BCUT2D eigenvalue weighted by atomic mass is 16.5. The molecule has 1 aromatic rings. The molecular formula is C12H19N3O2. The minimum Gasteiger partial charge on any atom is -0.481 e. The topological polar surface area (TPSA) is 63.2 Å². The number of rotatable bonds is 6. The zero-order valence-corrected chi connectivity index (χ0v) is 10.5. The summed E-state index contributed by atoms with van der Waals surface area (Å²) in [6.45, 7) is 4.74. The predicted octanol–water partition coefficient (Wildman–Crippen LogP) is 0.704. The molecule has 0 saturated heterocycles. The molecule has 0 atom stereocenters. The van der Waals surface area contributed by atoms with Gasteiger partial charge in [-0.25, -0.2) is 4.98 Å². The Morgan fingerprint density at radius 1 is 1.53 bits per heavy atom. The molecule has 1 heterocycles. The van der Waals surface area contributed by atoms with Crippen molar-refractivity contribution in [2.45, 2.75) is 26.4 Å². The minimum absolute atomic E-state index is 0.0374. The zero-order chi connectivity index (χ0) is 12.7. The number of pyridine rings is 1. The molecule has 0 fully saturated rings. The van der Waals surface area contributed by atoms with E-state index >= 15 is 0 Å². The molecule has 94 valence electrons. The largest absolute Gasteiger partial charge is 0.481 e. The van der Waals surface area contributed by atoms with Gasteiger partial charge in [0.2, 0.25) is 11.8 Å². The van der Waals surface area contributed by atoms with Crippen LogP contribution in [-0.2, 0) is 11.3 Å². The number of carbonyl (C=O) groups excluding carboxylic acids is 1. The van der Waals surface area contributed by atoms with Gasteiger partial charge in [0.25, 0.3) is 0 Å². The van der Waals surface area contributed by atoms with Crippen LogP contribution in [0.5, 0.6) is 5.88 Å². The standard InChI is InChI=1S/C12H19N3O2/c1-9(2)14-8-11(16)15-7-10-5-4-6-13-12(10)17-3/h4-6,9,14H,7-8H2,1-3H3,(H,15,16). The maximum Gasteiger partial charge on any atom is 0.234 e. The average molecular weight is 237 g/mol. The fourth-order valence-corrected chi connectivity index (χ4v) is 1.30. The van der Waals surface area contributed by atoms with Crippen molar-refractivity contribution in [3.8, 4) is 5.88 Å². The molecule has 0 aromatic carbocycles. The van der Waals surface area contributed by atoms with Gasteiger partial charge in [-0.05, 0) is 6.07 Å². The van der Waals surface area contributed by atoms with Gasteiger partial charge in [0, 0.05) is 24.3 Å². The summed E-state index contributed by atoms with van der Waals surface area (Å²) in [4.78, 5) is 15.5. The summed E-state index contributed by atoms with van der Waals surface area (Å²) in [5.74, 6) is 0.509. The first-order chi connectivity index (χ1) is 8.13. The number of ether oxygens (including phenoxy) is 1. The Morgan fingerprint density at radius 2 is 2.29 bits per heavy atom. The van der Waals surface area contributed by atoms with Gasteiger partial charge < -0.3 is 15.4 Å². The molecule has 1 amide bonds. The van der Waals surface area contributed by atoms with Crippen molar-refractivity contribution in [2.24, 2.45) is 0 Å². The molecule has 0 aliphatic carbocycles. The smallest absolute Gasteiger partial charge is 0.234 e. The molecule has 5 nitrogen and oxygen atoms in total. The van der Waals surface area contributed by atoms with Gasteiger partial charge in [-0.15, -0.1) is 0 Å². The van der Waals surface area contributed by atoms with Crippen molar-refractivity contribution in [1.82, 2.24) is 15.6 Å². The molecule has 1 aromatic heterocycles. The van der Waals surface area contributed by atoms with Gasteiger partial charge in [-0.1, -0.05) is 19.9 Å². The molecule has 0 saturated carbocycles. The third-order valence-corrected chi connectivity index (χ3v) is 2.19. The normalized spacial score (nSPS) is 10.4. The van der Waals surface area contributed by atoms with E-state index in [-0.39, 0.29) is 5.91 Å². The number of aromatic nitrogens is 1. The van der Waals surface area contributed by atoms with E-state index in [4.69, 9.17) is 4.74 Å².